The van der Waals surface area contributed by atoms with Gasteiger partial charge in [-0.1, -0.05) is 0 Å². The van der Waals surface area contributed by atoms with Crippen molar-refractivity contribution in [2.75, 3.05) is 32.4 Å². The SMILES string of the molecule is CSC1CCC(NS(=O)(=O)N2CCNCC2)C1. The summed E-state index contributed by atoms with van der Waals surface area (Å²) in [7, 11) is -3.26. The molecule has 5 nitrogen and oxygen atoms in total. The lowest BCUT2D eigenvalue weighted by Crippen LogP contribution is -2.52. The van der Waals surface area contributed by atoms with Crippen LogP contribution in [0, 0.1) is 0 Å². The molecule has 2 unspecified atom stereocenters. The van der Waals surface area contributed by atoms with Gasteiger partial charge in [-0.15, -0.1) is 0 Å². The van der Waals surface area contributed by atoms with Gasteiger partial charge in [0, 0.05) is 37.5 Å². The lowest BCUT2D eigenvalue weighted by Gasteiger charge is -2.28. The smallest absolute Gasteiger partial charge is 0.279 e. The first kappa shape index (κ1) is 13.6. The number of nitrogens with one attached hydrogen (secondary N) is 2. The van der Waals surface area contributed by atoms with Gasteiger partial charge in [-0.05, 0) is 25.5 Å². The summed E-state index contributed by atoms with van der Waals surface area (Å²) in [4.78, 5) is 0. The van der Waals surface area contributed by atoms with Gasteiger partial charge in [-0.2, -0.15) is 29.2 Å². The standard InChI is InChI=1S/C10H21N3O2S2/c1-16-10-3-2-9(8-10)12-17(14,15)13-6-4-11-5-7-13/h9-12H,2-8H2,1H3. The molecular formula is C10H21N3O2S2. The molecule has 0 aromatic carbocycles. The predicted molar refractivity (Wildman–Crippen MR) is 71.4 cm³/mol. The van der Waals surface area contributed by atoms with E-state index < -0.39 is 10.2 Å². The highest BCUT2D eigenvalue weighted by Crippen LogP contribution is 2.28. The Bertz CT molecular complexity index is 341. The zero-order valence-electron chi connectivity index (χ0n) is 10.2. The fourth-order valence-corrected chi connectivity index (χ4v) is 4.68. The van der Waals surface area contributed by atoms with Gasteiger partial charge in [0.05, 0.1) is 0 Å². The Morgan fingerprint density at radius 3 is 2.59 bits per heavy atom. The molecule has 1 aliphatic heterocycles. The molecule has 1 saturated heterocycles. The molecule has 7 heteroatoms. The molecule has 1 saturated carbocycles. The third-order valence-electron chi connectivity index (χ3n) is 3.45. The lowest BCUT2D eigenvalue weighted by molar-refractivity contribution is 0.351. The molecule has 1 heterocycles. The molecule has 2 rings (SSSR count). The van der Waals surface area contributed by atoms with Gasteiger partial charge < -0.3 is 5.32 Å². The number of thioether (sulfide) groups is 1. The summed E-state index contributed by atoms with van der Waals surface area (Å²) >= 11 is 1.84. The van der Waals surface area contributed by atoms with E-state index in [4.69, 9.17) is 0 Å². The van der Waals surface area contributed by atoms with Crippen LogP contribution in [0.2, 0.25) is 0 Å². The molecule has 0 aromatic heterocycles. The van der Waals surface area contributed by atoms with Crippen molar-refractivity contribution >= 4 is 22.0 Å². The van der Waals surface area contributed by atoms with Crippen LogP contribution < -0.4 is 10.0 Å². The average Bonchev–Trinajstić information content (AvgIpc) is 2.77. The second kappa shape index (κ2) is 5.88. The predicted octanol–water partition coefficient (Wildman–Crippen LogP) is 0.0101. The van der Waals surface area contributed by atoms with E-state index in [0.29, 0.717) is 18.3 Å². The number of hydrogen-bond donors (Lipinski definition) is 2. The summed E-state index contributed by atoms with van der Waals surface area (Å²) in [5, 5.41) is 3.78. The minimum Gasteiger partial charge on any atom is -0.314 e. The third-order valence-corrected chi connectivity index (χ3v) is 6.22. The summed E-state index contributed by atoms with van der Waals surface area (Å²) in [5.41, 5.74) is 0. The Morgan fingerprint density at radius 2 is 2.00 bits per heavy atom. The molecule has 0 bridgehead atoms. The van der Waals surface area contributed by atoms with Crippen LogP contribution in [0.3, 0.4) is 0 Å². The normalized spacial score (nSPS) is 31.8. The molecule has 0 aromatic rings. The molecule has 17 heavy (non-hydrogen) atoms. The summed E-state index contributed by atoms with van der Waals surface area (Å²) < 4.78 is 28.6. The molecule has 0 radical (unpaired) electrons. The van der Waals surface area contributed by atoms with Gasteiger partial charge >= 0.3 is 0 Å². The zero-order valence-corrected chi connectivity index (χ0v) is 11.8. The van der Waals surface area contributed by atoms with Crippen LogP contribution >= 0.6 is 11.8 Å². The maximum Gasteiger partial charge on any atom is 0.279 e. The van der Waals surface area contributed by atoms with Crippen LogP contribution in [0.15, 0.2) is 0 Å². The van der Waals surface area contributed by atoms with E-state index in [-0.39, 0.29) is 6.04 Å². The first-order chi connectivity index (χ1) is 8.12. The van der Waals surface area contributed by atoms with Gasteiger partial charge in [0.1, 0.15) is 0 Å². The topological polar surface area (TPSA) is 61.4 Å². The van der Waals surface area contributed by atoms with Crippen LogP contribution in [-0.2, 0) is 10.2 Å². The van der Waals surface area contributed by atoms with Gasteiger partial charge in [-0.25, -0.2) is 0 Å². The quantitative estimate of drug-likeness (QED) is 0.761. The van der Waals surface area contributed by atoms with Crippen molar-refractivity contribution in [2.24, 2.45) is 0 Å². The van der Waals surface area contributed by atoms with E-state index in [9.17, 15) is 8.42 Å². The first-order valence-corrected chi connectivity index (χ1v) is 8.85. The number of piperazine rings is 1. The first-order valence-electron chi connectivity index (χ1n) is 6.13. The van der Waals surface area contributed by atoms with Crippen molar-refractivity contribution in [1.82, 2.24) is 14.3 Å². The second-order valence-electron chi connectivity index (χ2n) is 4.64. The molecule has 100 valence electrons. The van der Waals surface area contributed by atoms with Gasteiger partial charge in [0.25, 0.3) is 10.2 Å². The maximum atomic E-state index is 12.1. The molecule has 2 atom stereocenters. The zero-order chi connectivity index (χ0) is 12.3. The van der Waals surface area contributed by atoms with Crippen molar-refractivity contribution < 1.29 is 8.42 Å². The van der Waals surface area contributed by atoms with Crippen molar-refractivity contribution in [3.63, 3.8) is 0 Å². The lowest BCUT2D eigenvalue weighted by atomic mass is 10.3. The minimum absolute atomic E-state index is 0.132. The fourth-order valence-electron chi connectivity index (χ4n) is 2.43. The van der Waals surface area contributed by atoms with Gasteiger partial charge in [-0.3, -0.25) is 0 Å². The Hall–Kier alpha value is 0.180. The van der Waals surface area contributed by atoms with Crippen molar-refractivity contribution in [2.45, 2.75) is 30.6 Å². The van der Waals surface area contributed by atoms with E-state index in [1.165, 1.54) is 0 Å². The fraction of sp³-hybridized carbons (Fsp3) is 1.00. The van der Waals surface area contributed by atoms with Gasteiger partial charge in [0.15, 0.2) is 0 Å². The molecule has 2 fully saturated rings. The molecule has 0 spiro atoms. The summed E-state index contributed by atoms with van der Waals surface area (Å²) in [6.45, 7) is 2.65. The van der Waals surface area contributed by atoms with Crippen molar-refractivity contribution in [3.8, 4) is 0 Å². The Labute approximate surface area is 108 Å². The van der Waals surface area contributed by atoms with Crippen molar-refractivity contribution in [1.29, 1.82) is 0 Å². The summed E-state index contributed by atoms with van der Waals surface area (Å²) in [6.07, 6.45) is 5.15. The van der Waals surface area contributed by atoms with E-state index >= 15 is 0 Å². The van der Waals surface area contributed by atoms with E-state index in [1.54, 1.807) is 4.31 Å². The highest BCUT2D eigenvalue weighted by atomic mass is 32.2. The van der Waals surface area contributed by atoms with Crippen LogP contribution in [0.4, 0.5) is 0 Å². The Kier molecular flexibility index (Phi) is 4.71. The molecular weight excluding hydrogens is 258 g/mol. The van der Waals surface area contributed by atoms with Crippen LogP contribution in [0.5, 0.6) is 0 Å². The maximum absolute atomic E-state index is 12.1. The number of rotatable bonds is 4. The average molecular weight is 279 g/mol. The Morgan fingerprint density at radius 1 is 1.29 bits per heavy atom. The van der Waals surface area contributed by atoms with Crippen LogP contribution in [0.25, 0.3) is 0 Å². The Balaban J connectivity index is 1.88. The minimum atomic E-state index is -3.26. The molecule has 2 N–H and O–H groups in total. The molecule has 0 amide bonds. The monoisotopic (exact) mass is 279 g/mol. The molecule has 2 aliphatic rings. The van der Waals surface area contributed by atoms with Crippen molar-refractivity contribution in [3.05, 3.63) is 0 Å². The number of nitrogens with zero attached hydrogens (tertiary/aromatic N) is 1. The molecule has 1 aliphatic carbocycles. The summed E-state index contributed by atoms with van der Waals surface area (Å²) in [6, 6.07) is 0.132. The second-order valence-corrected chi connectivity index (χ2v) is 7.48. The van der Waals surface area contributed by atoms with E-state index in [2.05, 4.69) is 16.3 Å². The van der Waals surface area contributed by atoms with Gasteiger partial charge in [0.2, 0.25) is 0 Å². The van der Waals surface area contributed by atoms with Crippen LogP contribution in [0.1, 0.15) is 19.3 Å². The number of hydrogen-bond acceptors (Lipinski definition) is 4. The van der Waals surface area contributed by atoms with Crippen LogP contribution in [-0.4, -0.2) is 56.4 Å². The highest BCUT2D eigenvalue weighted by molar-refractivity contribution is 7.99. The van der Waals surface area contributed by atoms with E-state index in [1.807, 2.05) is 11.8 Å². The third kappa shape index (κ3) is 3.57. The highest BCUT2D eigenvalue weighted by Gasteiger charge is 2.31. The van der Waals surface area contributed by atoms with E-state index in [0.717, 1.165) is 32.4 Å². The summed E-state index contributed by atoms with van der Waals surface area (Å²) in [5.74, 6) is 0. The largest absolute Gasteiger partial charge is 0.314 e.